The van der Waals surface area contributed by atoms with E-state index in [2.05, 4.69) is 19.2 Å². The van der Waals surface area contributed by atoms with Crippen LogP contribution in [-0.2, 0) is 4.79 Å². The lowest BCUT2D eigenvalue weighted by Gasteiger charge is -2.27. The van der Waals surface area contributed by atoms with Crippen molar-refractivity contribution < 1.29 is 25.2 Å². The van der Waals surface area contributed by atoms with Crippen LogP contribution in [0.25, 0.3) is 0 Å². The summed E-state index contributed by atoms with van der Waals surface area (Å²) < 4.78 is 0. The van der Waals surface area contributed by atoms with E-state index in [0.717, 1.165) is 38.5 Å². The molecule has 0 aliphatic rings. The molecule has 0 bridgehead atoms. The summed E-state index contributed by atoms with van der Waals surface area (Å²) in [4.78, 5) is 12.5. The van der Waals surface area contributed by atoms with E-state index in [-0.39, 0.29) is 0 Å². The van der Waals surface area contributed by atoms with Crippen LogP contribution in [0.5, 0.6) is 0 Å². The topological polar surface area (TPSA) is 110 Å². The molecule has 0 aliphatic heterocycles. The number of aliphatic hydroxyl groups excluding tert-OH is 4. The molecule has 0 aromatic heterocycles. The van der Waals surface area contributed by atoms with Gasteiger partial charge in [0.1, 0.15) is 12.2 Å². The Hall–Kier alpha value is -0.690. The summed E-state index contributed by atoms with van der Waals surface area (Å²) in [6.45, 7) is 4.05. The van der Waals surface area contributed by atoms with Crippen LogP contribution in [0.1, 0.15) is 239 Å². The molecule has 0 aliphatic carbocycles. The highest BCUT2D eigenvalue weighted by atomic mass is 16.3. The van der Waals surface area contributed by atoms with Crippen LogP contribution in [0.3, 0.4) is 0 Å². The first kappa shape index (κ1) is 48.3. The Morgan fingerprint density at radius 2 is 0.694 bits per heavy atom. The minimum absolute atomic E-state index is 0.375. The number of amides is 1. The second-order valence-electron chi connectivity index (χ2n) is 15.4. The summed E-state index contributed by atoms with van der Waals surface area (Å²) in [5.74, 6) is -0.580. The Morgan fingerprint density at radius 3 is 0.980 bits per heavy atom. The Balaban J connectivity index is 3.64. The molecule has 0 aromatic carbocycles. The third-order valence-corrected chi connectivity index (χ3v) is 10.6. The van der Waals surface area contributed by atoms with Crippen LogP contribution in [0.4, 0.5) is 0 Å². The van der Waals surface area contributed by atoms with Crippen molar-refractivity contribution in [2.45, 2.75) is 263 Å². The summed E-state index contributed by atoms with van der Waals surface area (Å²) in [6.07, 6.45) is 40.0. The number of hydrogen-bond donors (Lipinski definition) is 5. The fraction of sp³-hybridized carbons (Fsp3) is 0.977. The standard InChI is InChI=1S/C43H87NO5/c1-3-5-7-9-11-13-15-16-17-18-19-20-21-22-23-24-25-27-29-31-33-35-37-41(47)43(49)44-39(38-45)42(48)40(46)36-34-32-30-28-26-14-12-10-8-6-4-2/h39-42,45-48H,3-38H2,1-2H3,(H,44,49)/t39-,40+,41-,42-/m0/s1. The summed E-state index contributed by atoms with van der Waals surface area (Å²) in [6, 6.07) is -0.977. The average Bonchev–Trinajstić information content (AvgIpc) is 3.11. The van der Waals surface area contributed by atoms with Crippen LogP contribution in [0, 0.1) is 0 Å². The quantitative estimate of drug-likeness (QED) is 0.0409. The van der Waals surface area contributed by atoms with Gasteiger partial charge in [-0.2, -0.15) is 0 Å². The first-order valence-electron chi connectivity index (χ1n) is 21.9. The summed E-state index contributed by atoms with van der Waals surface area (Å²) in [5, 5.41) is 43.6. The van der Waals surface area contributed by atoms with Gasteiger partial charge >= 0.3 is 0 Å². The van der Waals surface area contributed by atoms with Crippen LogP contribution < -0.4 is 5.32 Å². The van der Waals surface area contributed by atoms with Gasteiger partial charge in [-0.3, -0.25) is 4.79 Å². The Labute approximate surface area is 305 Å². The van der Waals surface area contributed by atoms with Gasteiger partial charge in [-0.05, 0) is 12.8 Å². The Kier molecular flexibility index (Phi) is 38.0. The van der Waals surface area contributed by atoms with Crippen LogP contribution in [-0.4, -0.2) is 57.3 Å². The first-order valence-corrected chi connectivity index (χ1v) is 21.9. The minimum Gasteiger partial charge on any atom is -0.394 e. The highest BCUT2D eigenvalue weighted by Gasteiger charge is 2.28. The lowest BCUT2D eigenvalue weighted by molar-refractivity contribution is -0.132. The number of rotatable bonds is 40. The molecule has 0 aromatic rings. The van der Waals surface area contributed by atoms with Crippen molar-refractivity contribution in [2.75, 3.05) is 6.61 Å². The van der Waals surface area contributed by atoms with E-state index in [1.165, 1.54) is 173 Å². The van der Waals surface area contributed by atoms with Crippen molar-refractivity contribution in [3.05, 3.63) is 0 Å². The molecule has 5 N–H and O–H groups in total. The molecule has 4 atom stereocenters. The normalized spacial score (nSPS) is 14.2. The molecule has 0 rings (SSSR count). The molecule has 0 heterocycles. The van der Waals surface area contributed by atoms with Gasteiger partial charge in [-0.15, -0.1) is 0 Å². The van der Waals surface area contributed by atoms with Crippen molar-refractivity contribution in [3.63, 3.8) is 0 Å². The van der Waals surface area contributed by atoms with Crippen molar-refractivity contribution >= 4 is 5.91 Å². The van der Waals surface area contributed by atoms with E-state index in [1.807, 2.05) is 0 Å². The van der Waals surface area contributed by atoms with Crippen LogP contribution >= 0.6 is 0 Å². The predicted octanol–water partition coefficient (Wildman–Crippen LogP) is 11.2. The fourth-order valence-electron chi connectivity index (χ4n) is 7.05. The molecule has 0 radical (unpaired) electrons. The van der Waals surface area contributed by atoms with E-state index in [0.29, 0.717) is 12.8 Å². The molecule has 1 amide bonds. The molecule has 0 saturated carbocycles. The second-order valence-corrected chi connectivity index (χ2v) is 15.4. The van der Waals surface area contributed by atoms with Gasteiger partial charge in [-0.1, -0.05) is 226 Å². The van der Waals surface area contributed by atoms with Gasteiger partial charge in [0.15, 0.2) is 0 Å². The zero-order valence-corrected chi connectivity index (χ0v) is 33.0. The zero-order chi connectivity index (χ0) is 36.0. The number of carbonyl (C=O) groups is 1. The van der Waals surface area contributed by atoms with Gasteiger partial charge in [0.25, 0.3) is 0 Å². The molecule has 294 valence electrons. The van der Waals surface area contributed by atoms with Crippen LogP contribution in [0.2, 0.25) is 0 Å². The molecule has 0 saturated heterocycles. The second kappa shape index (κ2) is 38.5. The highest BCUT2D eigenvalue weighted by molar-refractivity contribution is 5.80. The first-order chi connectivity index (χ1) is 24.0. The molecule has 0 unspecified atom stereocenters. The number of aliphatic hydroxyl groups is 4. The number of nitrogens with one attached hydrogen (secondary N) is 1. The third kappa shape index (κ3) is 32.9. The minimum atomic E-state index is -1.25. The summed E-state index contributed by atoms with van der Waals surface area (Å²) in [7, 11) is 0. The van der Waals surface area contributed by atoms with E-state index in [4.69, 9.17) is 0 Å². The zero-order valence-electron chi connectivity index (χ0n) is 33.0. The smallest absolute Gasteiger partial charge is 0.249 e. The van der Waals surface area contributed by atoms with Crippen LogP contribution in [0.15, 0.2) is 0 Å². The number of carbonyl (C=O) groups excluding carboxylic acids is 1. The SMILES string of the molecule is CCCCCCCCCCCCCCCCCCCCCCCC[C@H](O)C(=O)N[C@@H](CO)[C@H](O)[C@H](O)CCCCCCCCCCCCC. The number of unbranched alkanes of at least 4 members (excludes halogenated alkanes) is 31. The average molecular weight is 698 g/mol. The monoisotopic (exact) mass is 698 g/mol. The Bertz CT molecular complexity index is 662. The molecular formula is C43H87NO5. The molecule has 6 nitrogen and oxygen atoms in total. The number of hydrogen-bond acceptors (Lipinski definition) is 5. The maximum Gasteiger partial charge on any atom is 0.249 e. The van der Waals surface area contributed by atoms with Gasteiger partial charge < -0.3 is 25.7 Å². The molecule has 49 heavy (non-hydrogen) atoms. The van der Waals surface area contributed by atoms with E-state index >= 15 is 0 Å². The third-order valence-electron chi connectivity index (χ3n) is 10.6. The fourth-order valence-corrected chi connectivity index (χ4v) is 7.05. The molecule has 6 heteroatoms. The molecule has 0 fully saturated rings. The lowest BCUT2D eigenvalue weighted by atomic mass is 9.99. The van der Waals surface area contributed by atoms with Crippen molar-refractivity contribution in [1.82, 2.24) is 5.32 Å². The highest BCUT2D eigenvalue weighted by Crippen LogP contribution is 2.17. The summed E-state index contributed by atoms with van der Waals surface area (Å²) in [5.41, 5.74) is 0. The van der Waals surface area contributed by atoms with Gasteiger partial charge in [-0.25, -0.2) is 0 Å². The van der Waals surface area contributed by atoms with E-state index < -0.39 is 36.9 Å². The van der Waals surface area contributed by atoms with Gasteiger partial charge in [0, 0.05) is 0 Å². The maximum absolute atomic E-state index is 12.5. The largest absolute Gasteiger partial charge is 0.394 e. The Morgan fingerprint density at radius 1 is 0.429 bits per heavy atom. The molecular weight excluding hydrogens is 610 g/mol. The van der Waals surface area contributed by atoms with Crippen molar-refractivity contribution in [3.8, 4) is 0 Å². The van der Waals surface area contributed by atoms with Gasteiger partial charge in [0.2, 0.25) is 5.91 Å². The van der Waals surface area contributed by atoms with E-state index in [1.54, 1.807) is 0 Å². The summed E-state index contributed by atoms with van der Waals surface area (Å²) >= 11 is 0. The molecule has 0 spiro atoms. The predicted molar refractivity (Wildman–Crippen MR) is 210 cm³/mol. The van der Waals surface area contributed by atoms with Crippen molar-refractivity contribution in [2.24, 2.45) is 0 Å². The van der Waals surface area contributed by atoms with Gasteiger partial charge in [0.05, 0.1) is 18.8 Å². The van der Waals surface area contributed by atoms with E-state index in [9.17, 15) is 25.2 Å². The maximum atomic E-state index is 12.5. The van der Waals surface area contributed by atoms with Crippen molar-refractivity contribution in [1.29, 1.82) is 0 Å². The lowest BCUT2D eigenvalue weighted by Crippen LogP contribution is -2.53.